The van der Waals surface area contributed by atoms with Gasteiger partial charge in [0, 0.05) is 5.69 Å². The molecule has 0 aliphatic rings. The van der Waals surface area contributed by atoms with Crippen LogP contribution in [0.15, 0.2) is 30.3 Å². The second-order valence-corrected chi connectivity index (χ2v) is 4.42. The SMILES string of the molecule is Cc1ccc(Nc2nc(C(N)=O)ccc2N)cc1C. The van der Waals surface area contributed by atoms with Crippen LogP contribution in [0.3, 0.4) is 0 Å². The third kappa shape index (κ3) is 2.82. The second kappa shape index (κ2) is 4.97. The first kappa shape index (κ1) is 12.9. The van der Waals surface area contributed by atoms with Gasteiger partial charge in [0.15, 0.2) is 5.82 Å². The number of nitrogens with zero attached hydrogens (tertiary/aromatic N) is 1. The lowest BCUT2D eigenvalue weighted by molar-refractivity contribution is 0.0996. The molecule has 0 atom stereocenters. The lowest BCUT2D eigenvalue weighted by Gasteiger charge is -2.10. The van der Waals surface area contributed by atoms with Crippen molar-refractivity contribution in [2.75, 3.05) is 11.1 Å². The lowest BCUT2D eigenvalue weighted by atomic mass is 10.1. The molecule has 1 aromatic carbocycles. The number of nitrogens with one attached hydrogen (secondary N) is 1. The molecule has 5 heteroatoms. The van der Waals surface area contributed by atoms with E-state index < -0.39 is 5.91 Å². The molecule has 0 aliphatic heterocycles. The number of benzene rings is 1. The van der Waals surface area contributed by atoms with E-state index in [0.717, 1.165) is 11.3 Å². The molecule has 19 heavy (non-hydrogen) atoms. The summed E-state index contributed by atoms with van der Waals surface area (Å²) in [5.74, 6) is -0.150. The van der Waals surface area contributed by atoms with Crippen LogP contribution in [0.25, 0.3) is 0 Å². The van der Waals surface area contributed by atoms with E-state index in [9.17, 15) is 4.79 Å². The third-order valence-electron chi connectivity index (χ3n) is 2.95. The highest BCUT2D eigenvalue weighted by molar-refractivity contribution is 5.92. The van der Waals surface area contributed by atoms with Gasteiger partial charge in [-0.15, -0.1) is 0 Å². The summed E-state index contributed by atoms with van der Waals surface area (Å²) in [7, 11) is 0. The van der Waals surface area contributed by atoms with Gasteiger partial charge in [-0.1, -0.05) is 6.07 Å². The van der Waals surface area contributed by atoms with Gasteiger partial charge >= 0.3 is 0 Å². The summed E-state index contributed by atoms with van der Waals surface area (Å²) in [6.45, 7) is 4.07. The Balaban J connectivity index is 2.34. The van der Waals surface area contributed by atoms with Gasteiger partial charge in [0.1, 0.15) is 5.69 Å². The van der Waals surface area contributed by atoms with Crippen LogP contribution in [0.1, 0.15) is 21.6 Å². The Morgan fingerprint density at radius 2 is 1.89 bits per heavy atom. The number of pyridine rings is 1. The Morgan fingerprint density at radius 3 is 2.53 bits per heavy atom. The summed E-state index contributed by atoms with van der Waals surface area (Å²) in [5, 5.41) is 3.09. The summed E-state index contributed by atoms with van der Waals surface area (Å²) in [6.07, 6.45) is 0. The van der Waals surface area contributed by atoms with E-state index >= 15 is 0 Å². The fraction of sp³-hybridized carbons (Fsp3) is 0.143. The van der Waals surface area contributed by atoms with Crippen molar-refractivity contribution in [1.82, 2.24) is 4.98 Å². The minimum absolute atomic E-state index is 0.181. The first-order chi connectivity index (χ1) is 8.97. The van der Waals surface area contributed by atoms with Gasteiger partial charge in [-0.25, -0.2) is 4.98 Å². The number of primary amides is 1. The maximum Gasteiger partial charge on any atom is 0.267 e. The number of rotatable bonds is 3. The standard InChI is InChI=1S/C14H16N4O/c1-8-3-4-10(7-9(8)2)17-14-11(15)5-6-12(18-14)13(16)19/h3-7H,15H2,1-2H3,(H2,16,19)(H,17,18). The van der Waals surface area contributed by atoms with Crippen LogP contribution in [0.4, 0.5) is 17.2 Å². The van der Waals surface area contributed by atoms with Gasteiger partial charge in [0.05, 0.1) is 5.69 Å². The van der Waals surface area contributed by atoms with Gasteiger partial charge in [-0.3, -0.25) is 4.79 Å². The first-order valence-corrected chi connectivity index (χ1v) is 5.88. The summed E-state index contributed by atoms with van der Waals surface area (Å²) < 4.78 is 0. The molecular formula is C14H16N4O. The molecule has 2 rings (SSSR count). The van der Waals surface area contributed by atoms with Crippen LogP contribution >= 0.6 is 0 Å². The monoisotopic (exact) mass is 256 g/mol. The Bertz CT molecular complexity index is 637. The molecule has 0 spiro atoms. The van der Waals surface area contributed by atoms with E-state index in [2.05, 4.69) is 10.3 Å². The molecule has 0 saturated heterocycles. The van der Waals surface area contributed by atoms with Crippen LogP contribution in [-0.4, -0.2) is 10.9 Å². The zero-order valence-corrected chi connectivity index (χ0v) is 10.9. The van der Waals surface area contributed by atoms with Gasteiger partial charge in [-0.05, 0) is 49.2 Å². The van der Waals surface area contributed by atoms with Crippen molar-refractivity contribution in [3.05, 3.63) is 47.2 Å². The summed E-state index contributed by atoms with van der Waals surface area (Å²) in [6, 6.07) is 9.04. The van der Waals surface area contributed by atoms with Crippen LogP contribution in [0.2, 0.25) is 0 Å². The van der Waals surface area contributed by atoms with Gasteiger partial charge in [0.2, 0.25) is 0 Å². The van der Waals surface area contributed by atoms with E-state index in [1.54, 1.807) is 6.07 Å². The number of aryl methyl sites for hydroxylation is 2. The van der Waals surface area contributed by atoms with Gasteiger partial charge in [0.25, 0.3) is 5.91 Å². The average molecular weight is 256 g/mol. The molecule has 1 aromatic heterocycles. The zero-order chi connectivity index (χ0) is 14.0. The topological polar surface area (TPSA) is 94.0 Å². The molecule has 0 radical (unpaired) electrons. The molecule has 1 heterocycles. The highest BCUT2D eigenvalue weighted by atomic mass is 16.1. The maximum atomic E-state index is 11.1. The number of hydrogen-bond acceptors (Lipinski definition) is 4. The zero-order valence-electron chi connectivity index (χ0n) is 10.9. The van der Waals surface area contributed by atoms with Crippen molar-refractivity contribution in [3.8, 4) is 0 Å². The molecule has 2 aromatic rings. The lowest BCUT2D eigenvalue weighted by Crippen LogP contribution is -2.14. The van der Waals surface area contributed by atoms with E-state index in [1.807, 2.05) is 32.0 Å². The molecule has 5 N–H and O–H groups in total. The Labute approximate surface area is 111 Å². The molecule has 5 nitrogen and oxygen atoms in total. The Hall–Kier alpha value is -2.56. The molecule has 0 bridgehead atoms. The molecular weight excluding hydrogens is 240 g/mol. The van der Waals surface area contributed by atoms with Crippen molar-refractivity contribution in [2.45, 2.75) is 13.8 Å². The normalized spacial score (nSPS) is 10.2. The smallest absolute Gasteiger partial charge is 0.267 e. The average Bonchev–Trinajstić information content (AvgIpc) is 2.36. The van der Waals surface area contributed by atoms with Crippen LogP contribution in [0.5, 0.6) is 0 Å². The number of aromatic nitrogens is 1. The van der Waals surface area contributed by atoms with Crippen molar-refractivity contribution in [1.29, 1.82) is 0 Å². The largest absolute Gasteiger partial charge is 0.396 e. The first-order valence-electron chi connectivity index (χ1n) is 5.88. The fourth-order valence-electron chi connectivity index (χ4n) is 1.66. The summed E-state index contributed by atoms with van der Waals surface area (Å²) in [4.78, 5) is 15.2. The van der Waals surface area contributed by atoms with E-state index in [0.29, 0.717) is 11.5 Å². The number of hydrogen-bond donors (Lipinski definition) is 3. The predicted molar refractivity (Wildman–Crippen MR) is 76.4 cm³/mol. The van der Waals surface area contributed by atoms with Crippen molar-refractivity contribution in [2.24, 2.45) is 5.73 Å². The van der Waals surface area contributed by atoms with Crippen LogP contribution in [-0.2, 0) is 0 Å². The minimum Gasteiger partial charge on any atom is -0.396 e. The van der Waals surface area contributed by atoms with E-state index in [1.165, 1.54) is 11.6 Å². The minimum atomic E-state index is -0.580. The van der Waals surface area contributed by atoms with Crippen molar-refractivity contribution < 1.29 is 4.79 Å². The predicted octanol–water partition coefficient (Wildman–Crippen LogP) is 2.12. The third-order valence-corrected chi connectivity index (χ3v) is 2.95. The second-order valence-electron chi connectivity index (χ2n) is 4.42. The molecule has 98 valence electrons. The van der Waals surface area contributed by atoms with E-state index in [-0.39, 0.29) is 5.69 Å². The summed E-state index contributed by atoms with van der Waals surface area (Å²) in [5.41, 5.74) is 14.9. The van der Waals surface area contributed by atoms with E-state index in [4.69, 9.17) is 11.5 Å². The summed E-state index contributed by atoms with van der Waals surface area (Å²) >= 11 is 0. The number of nitrogens with two attached hydrogens (primary N) is 2. The van der Waals surface area contributed by atoms with Gasteiger partial charge in [-0.2, -0.15) is 0 Å². The molecule has 0 unspecified atom stereocenters. The molecule has 0 fully saturated rings. The fourth-order valence-corrected chi connectivity index (χ4v) is 1.66. The maximum absolute atomic E-state index is 11.1. The van der Waals surface area contributed by atoms with Gasteiger partial charge < -0.3 is 16.8 Å². The van der Waals surface area contributed by atoms with Crippen molar-refractivity contribution in [3.63, 3.8) is 0 Å². The molecule has 0 saturated carbocycles. The number of anilines is 3. The highest BCUT2D eigenvalue weighted by Crippen LogP contribution is 2.22. The number of amides is 1. The highest BCUT2D eigenvalue weighted by Gasteiger charge is 2.07. The Kier molecular flexibility index (Phi) is 3.37. The van der Waals surface area contributed by atoms with Crippen molar-refractivity contribution >= 4 is 23.1 Å². The number of carbonyl (C=O) groups is 1. The number of nitrogen functional groups attached to an aromatic ring is 1. The van der Waals surface area contributed by atoms with Crippen LogP contribution < -0.4 is 16.8 Å². The van der Waals surface area contributed by atoms with Crippen LogP contribution in [0, 0.1) is 13.8 Å². The molecule has 0 aliphatic carbocycles. The quantitative estimate of drug-likeness (QED) is 0.784. The molecule has 1 amide bonds. The Morgan fingerprint density at radius 1 is 1.16 bits per heavy atom. The number of carbonyl (C=O) groups excluding carboxylic acids is 1.